The first-order valence-electron chi connectivity index (χ1n) is 3.98. The van der Waals surface area contributed by atoms with E-state index in [0.717, 1.165) is 0 Å². The Labute approximate surface area is 92.3 Å². The first-order valence-corrected chi connectivity index (χ1v) is 3.98. The van der Waals surface area contributed by atoms with Gasteiger partial charge in [0.05, 0.1) is 0 Å². The summed E-state index contributed by atoms with van der Waals surface area (Å²) in [5.74, 6) is 0. The van der Waals surface area contributed by atoms with E-state index in [1.807, 2.05) is 0 Å². The van der Waals surface area contributed by atoms with Gasteiger partial charge in [0, 0.05) is 7.05 Å². The Morgan fingerprint density at radius 1 is 0.722 bits per heavy atom. The molecular weight excluding hydrogens is 276 g/mol. The van der Waals surface area contributed by atoms with E-state index in [-0.39, 0.29) is 0 Å². The molecule has 1 rings (SSSR count). The number of rotatable bonds is 0. The average Bonchev–Trinajstić information content (AvgIpc) is 2.09. The summed E-state index contributed by atoms with van der Waals surface area (Å²) in [6, 6.07) is 0. The zero-order chi connectivity index (χ0) is 14.5. The molecule has 0 saturated carbocycles. The van der Waals surface area contributed by atoms with E-state index < -0.39 is 43.4 Å². The van der Waals surface area contributed by atoms with Crippen LogP contribution in [0, 0.1) is 0 Å². The minimum absolute atomic E-state index is 0.384. The van der Waals surface area contributed by atoms with Crippen LogP contribution in [-0.2, 0) is 19.6 Å². The molecule has 0 aromatic carbocycles. The summed E-state index contributed by atoms with van der Waals surface area (Å²) in [6.07, 6.45) is -11.3. The van der Waals surface area contributed by atoms with E-state index in [0.29, 0.717) is 7.05 Å². The first kappa shape index (κ1) is 14.1. The van der Waals surface area contributed by atoms with Crippen molar-refractivity contribution in [1.82, 2.24) is 13.7 Å². The fourth-order valence-electron chi connectivity index (χ4n) is 1.08. The molecule has 12 heteroatoms. The van der Waals surface area contributed by atoms with Gasteiger partial charge >= 0.3 is 29.7 Å². The van der Waals surface area contributed by atoms with Crippen LogP contribution in [0.5, 0.6) is 0 Å². The van der Waals surface area contributed by atoms with Gasteiger partial charge in [-0.1, -0.05) is 0 Å². The summed E-state index contributed by atoms with van der Waals surface area (Å²) in [4.78, 5) is 32.9. The Balaban J connectivity index is 4.04. The van der Waals surface area contributed by atoms with Crippen LogP contribution in [0.2, 0.25) is 0 Å². The topological polar surface area (TPSA) is 66.0 Å². The maximum Gasteiger partial charge on any atom is 0.496 e. The lowest BCUT2D eigenvalue weighted by Gasteiger charge is -2.14. The zero-order valence-corrected chi connectivity index (χ0v) is 8.33. The van der Waals surface area contributed by atoms with Crippen molar-refractivity contribution in [3.8, 4) is 0 Å². The van der Waals surface area contributed by atoms with Crippen LogP contribution in [0.3, 0.4) is 0 Å². The van der Waals surface area contributed by atoms with Gasteiger partial charge in [0.25, 0.3) is 0 Å². The molecule has 0 unspecified atom stereocenters. The predicted octanol–water partition coefficient (Wildman–Crippen LogP) is -0.339. The summed E-state index contributed by atoms with van der Waals surface area (Å²) < 4.78 is 69.8. The SMILES string of the molecule is Cn1c(=O)n(C(F)(F)F)c(=O)n(C(F)(F)F)c1=O. The molecule has 1 heterocycles. The monoisotopic (exact) mass is 279 g/mol. The van der Waals surface area contributed by atoms with Crippen molar-refractivity contribution >= 4 is 0 Å². The lowest BCUT2D eigenvalue weighted by Crippen LogP contribution is -2.59. The Bertz CT molecular complexity index is 593. The number of halogens is 6. The lowest BCUT2D eigenvalue weighted by molar-refractivity contribution is -0.229. The van der Waals surface area contributed by atoms with Crippen LogP contribution in [0.25, 0.3) is 0 Å². The minimum Gasteiger partial charge on any atom is -0.248 e. The van der Waals surface area contributed by atoms with Gasteiger partial charge in [-0.15, -0.1) is 26.3 Å². The Kier molecular flexibility index (Phi) is 2.92. The summed E-state index contributed by atoms with van der Waals surface area (Å²) in [5.41, 5.74) is -7.24. The largest absolute Gasteiger partial charge is 0.496 e. The molecule has 0 amide bonds. The lowest BCUT2D eigenvalue weighted by atomic mass is 10.7. The van der Waals surface area contributed by atoms with Gasteiger partial charge in [-0.2, -0.15) is 9.13 Å². The molecule has 0 spiro atoms. The maximum atomic E-state index is 12.3. The second-order valence-corrected chi connectivity index (χ2v) is 3.01. The minimum atomic E-state index is -5.67. The van der Waals surface area contributed by atoms with Crippen molar-refractivity contribution in [3.63, 3.8) is 0 Å². The molecule has 1 aromatic heterocycles. The van der Waals surface area contributed by atoms with E-state index in [2.05, 4.69) is 0 Å². The molecule has 6 nitrogen and oxygen atoms in total. The van der Waals surface area contributed by atoms with E-state index in [1.165, 1.54) is 0 Å². The summed E-state index contributed by atoms with van der Waals surface area (Å²) in [7, 11) is 0.384. The molecule has 0 aliphatic rings. The second kappa shape index (κ2) is 3.74. The number of alkyl halides is 6. The number of hydrogen-bond acceptors (Lipinski definition) is 3. The zero-order valence-electron chi connectivity index (χ0n) is 8.33. The van der Waals surface area contributed by atoms with Gasteiger partial charge in [0.1, 0.15) is 0 Å². The molecule has 1 aromatic rings. The summed E-state index contributed by atoms with van der Waals surface area (Å²) >= 11 is 0. The molecule has 0 radical (unpaired) electrons. The number of aromatic nitrogens is 3. The van der Waals surface area contributed by atoms with Gasteiger partial charge in [-0.05, 0) is 0 Å². The predicted molar refractivity (Wildman–Crippen MR) is 42.8 cm³/mol. The van der Waals surface area contributed by atoms with Gasteiger partial charge in [-0.25, -0.2) is 19.0 Å². The molecule has 0 fully saturated rings. The highest BCUT2D eigenvalue weighted by Crippen LogP contribution is 2.20. The molecule has 0 saturated heterocycles. The number of hydrogen-bond donors (Lipinski definition) is 0. The third-order valence-electron chi connectivity index (χ3n) is 1.85. The Morgan fingerprint density at radius 3 is 1.22 bits per heavy atom. The number of nitrogens with zero attached hydrogens (tertiary/aromatic N) is 3. The van der Waals surface area contributed by atoms with Crippen LogP contribution in [-0.4, -0.2) is 13.7 Å². The maximum absolute atomic E-state index is 12.3. The van der Waals surface area contributed by atoms with Crippen LogP contribution >= 0.6 is 0 Å². The molecule has 0 N–H and O–H groups in total. The summed E-state index contributed by atoms with van der Waals surface area (Å²) in [6.45, 7) is 0. The van der Waals surface area contributed by atoms with Crippen molar-refractivity contribution < 1.29 is 26.3 Å². The summed E-state index contributed by atoms with van der Waals surface area (Å²) in [5, 5.41) is 0. The van der Waals surface area contributed by atoms with Crippen molar-refractivity contribution in [2.24, 2.45) is 7.05 Å². The van der Waals surface area contributed by atoms with E-state index >= 15 is 0 Å². The average molecular weight is 279 g/mol. The van der Waals surface area contributed by atoms with Crippen molar-refractivity contribution in [2.45, 2.75) is 12.6 Å². The van der Waals surface area contributed by atoms with Gasteiger partial charge in [-0.3, -0.25) is 0 Å². The highest BCUT2D eigenvalue weighted by molar-refractivity contribution is 4.80. The van der Waals surface area contributed by atoms with Crippen LogP contribution < -0.4 is 17.1 Å². The quantitative estimate of drug-likeness (QED) is 0.610. The van der Waals surface area contributed by atoms with Crippen molar-refractivity contribution in [2.75, 3.05) is 0 Å². The van der Waals surface area contributed by atoms with E-state index in [1.54, 1.807) is 0 Å². The molecule has 102 valence electrons. The van der Waals surface area contributed by atoms with Gasteiger partial charge < -0.3 is 0 Å². The highest BCUT2D eigenvalue weighted by Gasteiger charge is 2.42. The van der Waals surface area contributed by atoms with Crippen molar-refractivity contribution in [3.05, 3.63) is 31.5 Å². The van der Waals surface area contributed by atoms with Crippen LogP contribution in [0.1, 0.15) is 0 Å². The molecule has 0 atom stereocenters. The third-order valence-corrected chi connectivity index (χ3v) is 1.85. The Hall–Kier alpha value is -2.01. The molecular formula is C6H3F6N3O3. The smallest absolute Gasteiger partial charge is 0.248 e. The van der Waals surface area contributed by atoms with Gasteiger partial charge in [0.2, 0.25) is 0 Å². The molecule has 0 bridgehead atoms. The van der Waals surface area contributed by atoms with Crippen LogP contribution in [0.15, 0.2) is 14.4 Å². The Morgan fingerprint density at radius 2 is 1.00 bits per heavy atom. The van der Waals surface area contributed by atoms with Gasteiger partial charge in [0.15, 0.2) is 0 Å². The second-order valence-electron chi connectivity index (χ2n) is 3.01. The normalized spacial score (nSPS) is 12.8. The molecule has 0 aliphatic heterocycles. The molecule has 18 heavy (non-hydrogen) atoms. The first-order chi connectivity index (χ1) is 7.89. The fraction of sp³-hybridized carbons (Fsp3) is 0.500. The highest BCUT2D eigenvalue weighted by atomic mass is 19.4. The van der Waals surface area contributed by atoms with E-state index in [9.17, 15) is 40.7 Å². The molecule has 0 aliphatic carbocycles. The van der Waals surface area contributed by atoms with Crippen molar-refractivity contribution in [1.29, 1.82) is 0 Å². The van der Waals surface area contributed by atoms with Crippen LogP contribution in [0.4, 0.5) is 26.3 Å². The fourth-order valence-corrected chi connectivity index (χ4v) is 1.08. The standard InChI is InChI=1S/C6H3F6N3O3/c1-13-2(16)14(5(7,8)9)4(18)15(3(13)17)6(10,11)12/h1H3. The third kappa shape index (κ3) is 2.04. The van der Waals surface area contributed by atoms with E-state index in [4.69, 9.17) is 0 Å².